The van der Waals surface area contributed by atoms with E-state index in [0.717, 1.165) is 30.2 Å². The lowest BCUT2D eigenvalue weighted by molar-refractivity contribution is -0.0258. The first-order valence-corrected chi connectivity index (χ1v) is 8.30. The van der Waals surface area contributed by atoms with Crippen molar-refractivity contribution in [3.8, 4) is 0 Å². The fourth-order valence-corrected chi connectivity index (χ4v) is 3.05. The summed E-state index contributed by atoms with van der Waals surface area (Å²) in [6, 6.07) is 8.63. The zero-order chi connectivity index (χ0) is 14.8. The smallest absolute Gasteiger partial charge is 0.0772 e. The van der Waals surface area contributed by atoms with Crippen LogP contribution in [0.3, 0.4) is 0 Å². The summed E-state index contributed by atoms with van der Waals surface area (Å²) in [7, 11) is 0. The molecule has 0 aliphatic heterocycles. The van der Waals surface area contributed by atoms with Crippen molar-refractivity contribution >= 4 is 15.9 Å². The minimum Gasteiger partial charge on any atom is -0.389 e. The van der Waals surface area contributed by atoms with Crippen LogP contribution in [0.2, 0.25) is 0 Å². The van der Waals surface area contributed by atoms with Crippen molar-refractivity contribution in [1.82, 2.24) is 5.32 Å². The standard InChI is InChI=1S/C17H26BrNO/c1-13(14-4-6-15(18)7-5-14)19-12-17(20)10-8-16(2,3)9-11-17/h4-7,13,19-20H,8-12H2,1-3H3. The Balaban J connectivity index is 1.87. The maximum absolute atomic E-state index is 10.7. The van der Waals surface area contributed by atoms with Gasteiger partial charge >= 0.3 is 0 Å². The summed E-state index contributed by atoms with van der Waals surface area (Å²) in [5.74, 6) is 0. The Morgan fingerprint density at radius 2 is 1.70 bits per heavy atom. The van der Waals surface area contributed by atoms with E-state index in [-0.39, 0.29) is 6.04 Å². The molecule has 1 saturated carbocycles. The highest BCUT2D eigenvalue weighted by Gasteiger charge is 2.36. The van der Waals surface area contributed by atoms with Gasteiger partial charge in [0.1, 0.15) is 0 Å². The Morgan fingerprint density at radius 1 is 1.15 bits per heavy atom. The molecule has 0 aromatic heterocycles. The molecule has 0 amide bonds. The summed E-state index contributed by atoms with van der Waals surface area (Å²) in [5, 5.41) is 14.2. The van der Waals surface area contributed by atoms with Gasteiger partial charge in [-0.05, 0) is 55.7 Å². The zero-order valence-electron chi connectivity index (χ0n) is 12.7. The Kier molecular flexibility index (Phi) is 4.93. The molecule has 1 unspecified atom stereocenters. The number of halogens is 1. The average Bonchev–Trinajstić information content (AvgIpc) is 2.41. The molecule has 0 spiro atoms. The van der Waals surface area contributed by atoms with Crippen molar-refractivity contribution < 1.29 is 5.11 Å². The number of hydrogen-bond acceptors (Lipinski definition) is 2. The van der Waals surface area contributed by atoms with Crippen molar-refractivity contribution in [3.63, 3.8) is 0 Å². The third-order valence-corrected chi connectivity index (χ3v) is 5.17. The van der Waals surface area contributed by atoms with Crippen LogP contribution in [0.4, 0.5) is 0 Å². The molecule has 0 saturated heterocycles. The molecule has 0 bridgehead atoms. The van der Waals surface area contributed by atoms with Gasteiger partial charge in [0.15, 0.2) is 0 Å². The van der Waals surface area contributed by atoms with Gasteiger partial charge in [0, 0.05) is 17.1 Å². The molecule has 2 N–H and O–H groups in total. The molecule has 1 aromatic carbocycles. The number of benzene rings is 1. The molecule has 3 heteroatoms. The minimum atomic E-state index is -0.529. The highest BCUT2D eigenvalue weighted by atomic mass is 79.9. The van der Waals surface area contributed by atoms with E-state index >= 15 is 0 Å². The first-order valence-electron chi connectivity index (χ1n) is 7.51. The van der Waals surface area contributed by atoms with Gasteiger partial charge in [-0.15, -0.1) is 0 Å². The lowest BCUT2D eigenvalue weighted by Crippen LogP contribution is -2.45. The third kappa shape index (κ3) is 4.31. The van der Waals surface area contributed by atoms with E-state index < -0.39 is 5.60 Å². The number of rotatable bonds is 4. The minimum absolute atomic E-state index is 0.266. The van der Waals surface area contributed by atoms with Gasteiger partial charge in [-0.1, -0.05) is 41.9 Å². The van der Waals surface area contributed by atoms with E-state index in [1.165, 1.54) is 5.56 Å². The second-order valence-electron chi connectivity index (χ2n) is 7.04. The number of nitrogens with one attached hydrogen (secondary N) is 1. The Bertz CT molecular complexity index is 431. The number of aliphatic hydroxyl groups is 1. The second-order valence-corrected chi connectivity index (χ2v) is 7.96. The molecule has 1 aromatic rings. The highest BCUT2D eigenvalue weighted by Crippen LogP contribution is 2.40. The van der Waals surface area contributed by atoms with Crippen LogP contribution in [-0.2, 0) is 0 Å². The molecule has 2 nitrogen and oxygen atoms in total. The monoisotopic (exact) mass is 339 g/mol. The molecule has 20 heavy (non-hydrogen) atoms. The van der Waals surface area contributed by atoms with Crippen LogP contribution < -0.4 is 5.32 Å². The largest absolute Gasteiger partial charge is 0.389 e. The van der Waals surface area contributed by atoms with Crippen LogP contribution in [0, 0.1) is 5.41 Å². The summed E-state index contributed by atoms with van der Waals surface area (Å²) in [5.41, 5.74) is 1.12. The predicted molar refractivity (Wildman–Crippen MR) is 87.8 cm³/mol. The van der Waals surface area contributed by atoms with Gasteiger partial charge < -0.3 is 10.4 Å². The molecule has 0 radical (unpaired) electrons. The number of hydrogen-bond donors (Lipinski definition) is 2. The highest BCUT2D eigenvalue weighted by molar-refractivity contribution is 9.10. The Morgan fingerprint density at radius 3 is 2.25 bits per heavy atom. The van der Waals surface area contributed by atoms with Gasteiger partial charge in [0.2, 0.25) is 0 Å². The van der Waals surface area contributed by atoms with Crippen LogP contribution in [0.25, 0.3) is 0 Å². The van der Waals surface area contributed by atoms with E-state index in [2.05, 4.69) is 66.3 Å². The summed E-state index contributed by atoms with van der Waals surface area (Å²) in [6.07, 6.45) is 4.02. The van der Waals surface area contributed by atoms with Gasteiger partial charge in [-0.25, -0.2) is 0 Å². The summed E-state index contributed by atoms with van der Waals surface area (Å²) in [4.78, 5) is 0. The fraction of sp³-hybridized carbons (Fsp3) is 0.647. The summed E-state index contributed by atoms with van der Waals surface area (Å²) >= 11 is 3.45. The van der Waals surface area contributed by atoms with Crippen LogP contribution >= 0.6 is 15.9 Å². The maximum Gasteiger partial charge on any atom is 0.0772 e. The second kappa shape index (κ2) is 6.17. The molecular formula is C17H26BrNO. The van der Waals surface area contributed by atoms with Crippen LogP contribution in [0.5, 0.6) is 0 Å². The lowest BCUT2D eigenvalue weighted by Gasteiger charge is -2.40. The van der Waals surface area contributed by atoms with Crippen molar-refractivity contribution in [1.29, 1.82) is 0 Å². The van der Waals surface area contributed by atoms with E-state index in [9.17, 15) is 5.11 Å². The lowest BCUT2D eigenvalue weighted by atomic mass is 9.71. The van der Waals surface area contributed by atoms with Gasteiger partial charge in [0.25, 0.3) is 0 Å². The fourth-order valence-electron chi connectivity index (χ4n) is 2.78. The molecule has 1 aliphatic rings. The SMILES string of the molecule is CC(NCC1(O)CCC(C)(C)CC1)c1ccc(Br)cc1. The topological polar surface area (TPSA) is 32.3 Å². The van der Waals surface area contributed by atoms with Gasteiger partial charge in [-0.2, -0.15) is 0 Å². The average molecular weight is 340 g/mol. The van der Waals surface area contributed by atoms with Gasteiger partial charge in [0.05, 0.1) is 5.60 Å². The summed E-state index contributed by atoms with van der Waals surface area (Å²) in [6.45, 7) is 7.43. The molecular weight excluding hydrogens is 314 g/mol. The Hall–Kier alpha value is -0.380. The maximum atomic E-state index is 10.7. The van der Waals surface area contributed by atoms with E-state index in [1.807, 2.05) is 0 Å². The first-order chi connectivity index (χ1) is 9.30. The van der Waals surface area contributed by atoms with Crippen molar-refractivity contribution in [2.75, 3.05) is 6.54 Å². The molecule has 1 aliphatic carbocycles. The van der Waals surface area contributed by atoms with E-state index in [0.29, 0.717) is 12.0 Å². The van der Waals surface area contributed by atoms with Crippen LogP contribution in [-0.4, -0.2) is 17.3 Å². The van der Waals surface area contributed by atoms with Crippen molar-refractivity contribution in [3.05, 3.63) is 34.3 Å². The molecule has 112 valence electrons. The van der Waals surface area contributed by atoms with Gasteiger partial charge in [-0.3, -0.25) is 0 Å². The Labute approximate surface area is 131 Å². The molecule has 2 rings (SSSR count). The quantitative estimate of drug-likeness (QED) is 0.850. The predicted octanol–water partition coefficient (Wildman–Crippen LogP) is 4.43. The molecule has 0 heterocycles. The normalized spacial score (nSPS) is 22.4. The molecule has 1 fully saturated rings. The van der Waals surface area contributed by atoms with Crippen LogP contribution in [0.15, 0.2) is 28.7 Å². The van der Waals surface area contributed by atoms with E-state index in [1.54, 1.807) is 0 Å². The first kappa shape index (κ1) is 16.0. The zero-order valence-corrected chi connectivity index (χ0v) is 14.3. The summed E-state index contributed by atoms with van der Waals surface area (Å²) < 4.78 is 1.10. The third-order valence-electron chi connectivity index (χ3n) is 4.64. The molecule has 1 atom stereocenters. The van der Waals surface area contributed by atoms with E-state index in [4.69, 9.17) is 0 Å². The van der Waals surface area contributed by atoms with Crippen molar-refractivity contribution in [2.24, 2.45) is 5.41 Å². The van der Waals surface area contributed by atoms with Crippen molar-refractivity contribution in [2.45, 2.75) is 58.1 Å². The van der Waals surface area contributed by atoms with Crippen LogP contribution in [0.1, 0.15) is 58.1 Å².